The Hall–Kier alpha value is -3.49. The van der Waals surface area contributed by atoms with Crippen molar-refractivity contribution in [3.63, 3.8) is 0 Å². The number of phenols is 1. The lowest BCUT2D eigenvalue weighted by Gasteiger charge is -2.22. The maximum Gasteiger partial charge on any atom is 0.338 e. The number of hydrogen-bond acceptors (Lipinski definition) is 6. The lowest BCUT2D eigenvalue weighted by atomic mass is 9.97. The summed E-state index contributed by atoms with van der Waals surface area (Å²) in [5.41, 5.74) is 1.91. The van der Waals surface area contributed by atoms with E-state index in [4.69, 9.17) is 9.73 Å². The number of carbonyl (C=O) groups is 1. The first-order valence-corrected chi connectivity index (χ1v) is 12.7. The molecule has 0 bridgehead atoms. The van der Waals surface area contributed by atoms with Crippen molar-refractivity contribution >= 4 is 55.8 Å². The molecule has 0 saturated heterocycles. The van der Waals surface area contributed by atoms with E-state index in [1.165, 1.54) is 15.9 Å². The minimum atomic E-state index is -0.598. The van der Waals surface area contributed by atoms with Gasteiger partial charge < -0.3 is 9.84 Å². The van der Waals surface area contributed by atoms with E-state index < -0.39 is 12.0 Å². The molecule has 4 aromatic rings. The van der Waals surface area contributed by atoms with Gasteiger partial charge in [0.1, 0.15) is 11.8 Å². The maximum atomic E-state index is 13.5. The summed E-state index contributed by atoms with van der Waals surface area (Å²) in [5, 5.41) is 12.4. The van der Waals surface area contributed by atoms with Crippen molar-refractivity contribution in [1.29, 1.82) is 0 Å². The van der Waals surface area contributed by atoms with Crippen LogP contribution in [0, 0.1) is 0 Å². The van der Waals surface area contributed by atoms with Gasteiger partial charge in [-0.05, 0) is 54.5 Å². The highest BCUT2D eigenvalue weighted by Gasteiger charge is 2.31. The van der Waals surface area contributed by atoms with Crippen molar-refractivity contribution in [2.24, 2.45) is 4.99 Å². The Kier molecular flexibility index (Phi) is 6.17. The van der Waals surface area contributed by atoms with E-state index in [1.54, 1.807) is 26.0 Å². The second-order valence-corrected chi connectivity index (χ2v) is 9.98. The van der Waals surface area contributed by atoms with Crippen LogP contribution in [-0.4, -0.2) is 22.2 Å². The number of benzene rings is 3. The van der Waals surface area contributed by atoms with Crippen molar-refractivity contribution in [2.75, 3.05) is 6.61 Å². The third-order valence-corrected chi connectivity index (χ3v) is 7.46. The van der Waals surface area contributed by atoms with E-state index in [1.807, 2.05) is 54.6 Å². The van der Waals surface area contributed by atoms with Crippen molar-refractivity contribution in [2.45, 2.75) is 19.9 Å². The van der Waals surface area contributed by atoms with Crippen LogP contribution in [0.1, 0.15) is 31.0 Å². The normalized spacial score (nSPS) is 15.7. The molecule has 1 aromatic heterocycles. The van der Waals surface area contributed by atoms with Gasteiger partial charge in [-0.3, -0.25) is 9.36 Å². The minimum absolute atomic E-state index is 0.0867. The number of aromatic hydroxyl groups is 1. The molecule has 0 unspecified atom stereocenters. The highest BCUT2D eigenvalue weighted by molar-refractivity contribution is 9.10. The van der Waals surface area contributed by atoms with Crippen molar-refractivity contribution in [3.05, 3.63) is 102 Å². The first-order chi connectivity index (χ1) is 16.9. The quantitative estimate of drug-likeness (QED) is 0.380. The first-order valence-electron chi connectivity index (χ1n) is 11.0. The smallest absolute Gasteiger partial charge is 0.338 e. The van der Waals surface area contributed by atoms with E-state index in [9.17, 15) is 14.7 Å². The highest BCUT2D eigenvalue weighted by atomic mass is 79.9. The molecule has 1 N–H and O–H groups in total. The van der Waals surface area contributed by atoms with Crippen LogP contribution in [0.15, 0.2) is 80.5 Å². The number of halogens is 1. The predicted octanol–water partition coefficient (Wildman–Crippen LogP) is 4.53. The fourth-order valence-corrected chi connectivity index (χ4v) is 5.56. The van der Waals surface area contributed by atoms with Crippen LogP contribution in [0.25, 0.3) is 22.5 Å². The van der Waals surface area contributed by atoms with Gasteiger partial charge in [0.2, 0.25) is 0 Å². The second kappa shape index (κ2) is 9.28. The summed E-state index contributed by atoms with van der Waals surface area (Å²) in [6.45, 7) is 3.70. The average Bonchev–Trinajstić information content (AvgIpc) is 3.16. The summed E-state index contributed by atoms with van der Waals surface area (Å²) in [4.78, 5) is 31.8. The Morgan fingerprint density at radius 2 is 1.91 bits per heavy atom. The van der Waals surface area contributed by atoms with E-state index in [0.717, 1.165) is 20.8 Å². The van der Waals surface area contributed by atoms with Gasteiger partial charge in [-0.15, -0.1) is 0 Å². The van der Waals surface area contributed by atoms with Crippen molar-refractivity contribution in [3.8, 4) is 5.75 Å². The number of esters is 1. The van der Waals surface area contributed by atoms with Gasteiger partial charge in [0.05, 0.1) is 16.7 Å². The lowest BCUT2D eigenvalue weighted by Crippen LogP contribution is -2.35. The molecule has 0 spiro atoms. The Morgan fingerprint density at radius 1 is 1.17 bits per heavy atom. The molecular weight excluding hydrogens is 528 g/mol. The molecule has 1 aliphatic rings. The standard InChI is InChI=1S/C27H21BrN2O4S/c1-3-34-26(33)23-15(2)30-25(32)22(14-20-19-7-5-4-6-16(19)10-13-21(20)31)35-27(30)29-24(23)17-8-11-18(28)12-9-17/h4-14,24,31H,3H2,1-2H3/b22-14-/t24-/m1/s1. The molecule has 0 aliphatic carbocycles. The second-order valence-electron chi connectivity index (χ2n) is 8.06. The molecule has 0 fully saturated rings. The topological polar surface area (TPSA) is 80.9 Å². The molecule has 2 heterocycles. The number of phenolic OH excluding ortho intramolecular Hbond substituents is 1. The van der Waals surface area contributed by atoms with Crippen molar-refractivity contribution in [1.82, 2.24) is 4.57 Å². The number of carbonyl (C=O) groups excluding carboxylic acids is 1. The highest BCUT2D eigenvalue weighted by Crippen LogP contribution is 2.33. The molecule has 1 atom stereocenters. The van der Waals surface area contributed by atoms with Gasteiger partial charge in [-0.1, -0.05) is 69.7 Å². The van der Waals surface area contributed by atoms with Crippen LogP contribution in [0.5, 0.6) is 5.75 Å². The van der Waals surface area contributed by atoms with Gasteiger partial charge in [0.15, 0.2) is 4.80 Å². The molecule has 8 heteroatoms. The van der Waals surface area contributed by atoms with Gasteiger partial charge in [-0.25, -0.2) is 9.79 Å². The summed E-state index contributed by atoms with van der Waals surface area (Å²) >= 11 is 4.67. The minimum Gasteiger partial charge on any atom is -0.507 e. The van der Waals surface area contributed by atoms with E-state index in [0.29, 0.717) is 26.2 Å². The van der Waals surface area contributed by atoms with Crippen LogP contribution in [0.2, 0.25) is 0 Å². The summed E-state index contributed by atoms with van der Waals surface area (Å²) in [7, 11) is 0. The Morgan fingerprint density at radius 3 is 2.66 bits per heavy atom. The largest absolute Gasteiger partial charge is 0.507 e. The monoisotopic (exact) mass is 548 g/mol. The number of thiazole rings is 1. The summed E-state index contributed by atoms with van der Waals surface area (Å²) in [5.74, 6) is -0.411. The molecular formula is C27H21BrN2O4S. The van der Waals surface area contributed by atoms with Crippen LogP contribution >= 0.6 is 27.3 Å². The van der Waals surface area contributed by atoms with Crippen LogP contribution in [0.3, 0.4) is 0 Å². The van der Waals surface area contributed by atoms with E-state index in [-0.39, 0.29) is 17.9 Å². The number of hydrogen-bond donors (Lipinski definition) is 1. The number of ether oxygens (including phenoxy) is 1. The van der Waals surface area contributed by atoms with Gasteiger partial charge >= 0.3 is 5.97 Å². The molecule has 3 aromatic carbocycles. The number of aromatic nitrogens is 1. The zero-order valence-electron chi connectivity index (χ0n) is 19.0. The van der Waals surface area contributed by atoms with E-state index >= 15 is 0 Å². The fourth-order valence-electron chi connectivity index (χ4n) is 4.27. The average molecular weight is 549 g/mol. The van der Waals surface area contributed by atoms with Crippen LogP contribution in [0.4, 0.5) is 0 Å². The summed E-state index contributed by atoms with van der Waals surface area (Å²) in [6.07, 6.45) is 1.69. The number of fused-ring (bicyclic) bond motifs is 2. The number of nitrogens with zero attached hydrogens (tertiary/aromatic N) is 2. The maximum absolute atomic E-state index is 13.5. The SMILES string of the molecule is CCOC(=O)C1=C(C)n2c(s/c(=C\c3c(O)ccc4ccccc34)c2=O)=N[C@@H]1c1ccc(Br)cc1. The summed E-state index contributed by atoms with van der Waals surface area (Å²) < 4.78 is 8.11. The molecule has 0 amide bonds. The first kappa shape index (κ1) is 23.3. The molecule has 0 radical (unpaired) electrons. The summed E-state index contributed by atoms with van der Waals surface area (Å²) in [6, 6.07) is 18.1. The molecule has 176 valence electrons. The van der Waals surface area contributed by atoms with Gasteiger partial charge in [-0.2, -0.15) is 0 Å². The number of allylic oxidation sites excluding steroid dienone is 1. The fraction of sp³-hybridized carbons (Fsp3) is 0.148. The van der Waals surface area contributed by atoms with E-state index in [2.05, 4.69) is 15.9 Å². The molecule has 0 saturated carbocycles. The van der Waals surface area contributed by atoms with Crippen LogP contribution in [-0.2, 0) is 9.53 Å². The van der Waals surface area contributed by atoms with Gasteiger partial charge in [0, 0.05) is 15.7 Å². The van der Waals surface area contributed by atoms with Crippen LogP contribution < -0.4 is 14.9 Å². The zero-order chi connectivity index (χ0) is 24.7. The Bertz CT molecular complexity index is 1680. The van der Waals surface area contributed by atoms with Crippen molar-refractivity contribution < 1.29 is 14.6 Å². The molecule has 1 aliphatic heterocycles. The molecule has 5 rings (SSSR count). The Balaban J connectivity index is 1.76. The predicted molar refractivity (Wildman–Crippen MR) is 141 cm³/mol. The molecule has 6 nitrogen and oxygen atoms in total. The zero-order valence-corrected chi connectivity index (χ0v) is 21.4. The Labute approximate surface area is 213 Å². The molecule has 35 heavy (non-hydrogen) atoms. The third kappa shape index (κ3) is 4.13. The lowest BCUT2D eigenvalue weighted by molar-refractivity contribution is -0.138. The number of rotatable bonds is 4. The third-order valence-electron chi connectivity index (χ3n) is 5.95. The van der Waals surface area contributed by atoms with Gasteiger partial charge in [0.25, 0.3) is 5.56 Å².